The monoisotopic (exact) mass is 414 g/mol. The van der Waals surface area contributed by atoms with Crippen LogP contribution in [0.5, 0.6) is 0 Å². The third kappa shape index (κ3) is 4.96. The number of aryl methyl sites for hydroxylation is 1. The number of esters is 1. The first-order valence-electron chi connectivity index (χ1n) is 9.53. The number of anilines is 1. The van der Waals surface area contributed by atoms with Gasteiger partial charge in [-0.3, -0.25) is 9.59 Å². The molecule has 0 unspecified atom stereocenters. The van der Waals surface area contributed by atoms with E-state index in [9.17, 15) is 14.4 Å². The van der Waals surface area contributed by atoms with E-state index in [0.717, 1.165) is 0 Å². The second-order valence-corrected chi connectivity index (χ2v) is 6.83. The summed E-state index contributed by atoms with van der Waals surface area (Å²) in [7, 11) is 1.43. The number of carbonyl (C=O) groups is 2. The van der Waals surface area contributed by atoms with Crippen molar-refractivity contribution in [2.75, 3.05) is 26.0 Å². The predicted octanol–water partition coefficient (Wildman–Crippen LogP) is 1.07. The largest absolute Gasteiger partial charge is 0.464 e. The first-order valence-corrected chi connectivity index (χ1v) is 9.53. The molecule has 160 valence electrons. The summed E-state index contributed by atoms with van der Waals surface area (Å²) in [5, 5.41) is 2.70. The predicted molar refractivity (Wildman–Crippen MR) is 113 cm³/mol. The third-order valence-corrected chi connectivity index (χ3v) is 4.27. The summed E-state index contributed by atoms with van der Waals surface area (Å²) in [4.78, 5) is 40.8. The normalized spacial score (nSPS) is 11.0. The summed E-state index contributed by atoms with van der Waals surface area (Å²) in [5.74, 6) is 4.84. The lowest BCUT2D eigenvalue weighted by molar-refractivity contribution is -0.151. The molecule has 0 atom stereocenters. The minimum atomic E-state index is -0.921. The van der Waals surface area contributed by atoms with Crippen LogP contribution in [0.15, 0.2) is 16.9 Å². The van der Waals surface area contributed by atoms with Crippen molar-refractivity contribution >= 4 is 28.7 Å². The molecule has 0 aliphatic carbocycles. The van der Waals surface area contributed by atoms with Gasteiger partial charge in [-0.05, 0) is 45.7 Å². The molecule has 0 aromatic carbocycles. The Balaban J connectivity index is 2.45. The molecule has 0 spiro atoms. The van der Waals surface area contributed by atoms with Crippen molar-refractivity contribution in [1.82, 2.24) is 14.9 Å². The van der Waals surface area contributed by atoms with Crippen molar-refractivity contribution in [1.29, 1.82) is 0 Å². The number of nitrogens with zero attached hydrogens (tertiary/aromatic N) is 2. The molecule has 0 bridgehead atoms. The lowest BCUT2D eigenvalue weighted by Gasteiger charge is -2.18. The standard InChI is InChI=1S/C21H26N4O5/c1-6-25-18(22)16(20(28)23-5)17(27)14-9-8-13(24-19(14)25)10-11-21(3,4)30-12-15(26)29-7-2/h8-9H,6-7,12,22H2,1-5H3,(H,23,28). The topological polar surface area (TPSA) is 126 Å². The van der Waals surface area contributed by atoms with E-state index in [1.807, 2.05) is 6.92 Å². The molecule has 2 rings (SSSR count). The van der Waals surface area contributed by atoms with Gasteiger partial charge in [-0.2, -0.15) is 0 Å². The quantitative estimate of drug-likeness (QED) is 0.535. The van der Waals surface area contributed by atoms with Gasteiger partial charge in [-0.25, -0.2) is 9.78 Å². The Morgan fingerprint density at radius 3 is 2.60 bits per heavy atom. The molecule has 0 aliphatic rings. The molecule has 9 heteroatoms. The first-order chi connectivity index (χ1) is 14.1. The molecule has 2 heterocycles. The van der Waals surface area contributed by atoms with Crippen molar-refractivity contribution < 1.29 is 19.1 Å². The van der Waals surface area contributed by atoms with E-state index in [1.165, 1.54) is 7.05 Å². The Hall–Kier alpha value is -3.38. The fourth-order valence-electron chi connectivity index (χ4n) is 2.76. The average Bonchev–Trinajstić information content (AvgIpc) is 2.71. The van der Waals surface area contributed by atoms with E-state index in [1.54, 1.807) is 37.5 Å². The second-order valence-electron chi connectivity index (χ2n) is 6.83. The fourth-order valence-corrected chi connectivity index (χ4v) is 2.76. The summed E-state index contributed by atoms with van der Waals surface area (Å²) in [6, 6.07) is 3.15. The fraction of sp³-hybridized carbons (Fsp3) is 0.429. The number of nitrogens with one attached hydrogen (secondary N) is 1. The van der Waals surface area contributed by atoms with E-state index in [-0.39, 0.29) is 30.0 Å². The highest BCUT2D eigenvalue weighted by Crippen LogP contribution is 2.18. The first kappa shape index (κ1) is 22.9. The molecule has 9 nitrogen and oxygen atoms in total. The zero-order valence-electron chi connectivity index (χ0n) is 17.8. The van der Waals surface area contributed by atoms with Crippen molar-refractivity contribution in [2.45, 2.75) is 39.8 Å². The Kier molecular flexibility index (Phi) is 7.19. The van der Waals surface area contributed by atoms with Crippen LogP contribution >= 0.6 is 0 Å². The molecular weight excluding hydrogens is 388 g/mol. The van der Waals surface area contributed by atoms with E-state index >= 15 is 0 Å². The van der Waals surface area contributed by atoms with Crippen LogP contribution in [0.3, 0.4) is 0 Å². The lowest BCUT2D eigenvalue weighted by atomic mass is 10.1. The number of hydrogen-bond donors (Lipinski definition) is 2. The summed E-state index contributed by atoms with van der Waals surface area (Å²) >= 11 is 0. The molecule has 0 saturated carbocycles. The van der Waals surface area contributed by atoms with Crippen LogP contribution in [0.4, 0.5) is 5.82 Å². The molecule has 30 heavy (non-hydrogen) atoms. The average molecular weight is 414 g/mol. The van der Waals surface area contributed by atoms with Crippen LogP contribution in [0.25, 0.3) is 11.0 Å². The van der Waals surface area contributed by atoms with Gasteiger partial charge in [-0.15, -0.1) is 0 Å². The molecule has 0 fully saturated rings. The molecule has 0 radical (unpaired) electrons. The molecule has 0 saturated heterocycles. The van der Waals surface area contributed by atoms with Gasteiger partial charge in [-0.1, -0.05) is 5.92 Å². The molecule has 3 N–H and O–H groups in total. The van der Waals surface area contributed by atoms with Gasteiger partial charge in [0.15, 0.2) is 0 Å². The van der Waals surface area contributed by atoms with Crippen LogP contribution in [-0.4, -0.2) is 47.3 Å². The number of pyridine rings is 2. The zero-order chi connectivity index (χ0) is 22.5. The maximum absolute atomic E-state index is 12.8. The van der Waals surface area contributed by atoms with Crippen LogP contribution in [0.2, 0.25) is 0 Å². The minimum absolute atomic E-state index is 0.0464. The highest BCUT2D eigenvalue weighted by Gasteiger charge is 2.21. The third-order valence-electron chi connectivity index (χ3n) is 4.27. The van der Waals surface area contributed by atoms with Crippen molar-refractivity contribution in [2.24, 2.45) is 0 Å². The number of fused-ring (bicyclic) bond motifs is 1. The number of amides is 1. The van der Waals surface area contributed by atoms with Crippen LogP contribution in [-0.2, 0) is 20.8 Å². The molecule has 1 amide bonds. The van der Waals surface area contributed by atoms with E-state index in [2.05, 4.69) is 22.1 Å². The van der Waals surface area contributed by atoms with Crippen molar-refractivity contribution in [3.05, 3.63) is 33.6 Å². The number of nitrogens with two attached hydrogens (primary N) is 1. The second kappa shape index (κ2) is 9.41. The van der Waals surface area contributed by atoms with Crippen LogP contribution < -0.4 is 16.5 Å². The molecule has 0 aliphatic heterocycles. The Morgan fingerprint density at radius 1 is 1.30 bits per heavy atom. The van der Waals surface area contributed by atoms with E-state index < -0.39 is 22.9 Å². The van der Waals surface area contributed by atoms with Gasteiger partial charge in [0.25, 0.3) is 5.91 Å². The van der Waals surface area contributed by atoms with Crippen molar-refractivity contribution in [3.8, 4) is 11.8 Å². The summed E-state index contributed by atoms with van der Waals surface area (Å²) < 4.78 is 11.9. The number of ether oxygens (including phenoxy) is 2. The van der Waals surface area contributed by atoms with Gasteiger partial charge in [0.1, 0.15) is 34.9 Å². The lowest BCUT2D eigenvalue weighted by Crippen LogP contribution is -2.30. The smallest absolute Gasteiger partial charge is 0.332 e. The van der Waals surface area contributed by atoms with Gasteiger partial charge in [0.05, 0.1) is 12.0 Å². The summed E-state index contributed by atoms with van der Waals surface area (Å²) in [6.45, 7) is 7.46. The van der Waals surface area contributed by atoms with E-state index in [4.69, 9.17) is 15.2 Å². The van der Waals surface area contributed by atoms with Crippen LogP contribution in [0, 0.1) is 11.8 Å². The summed E-state index contributed by atoms with van der Waals surface area (Å²) in [5.41, 5.74) is 5.30. The van der Waals surface area contributed by atoms with Gasteiger partial charge >= 0.3 is 5.97 Å². The highest BCUT2D eigenvalue weighted by molar-refractivity contribution is 6.01. The van der Waals surface area contributed by atoms with Gasteiger partial charge < -0.3 is 25.1 Å². The van der Waals surface area contributed by atoms with Gasteiger partial charge in [0.2, 0.25) is 5.43 Å². The molecule has 2 aromatic rings. The number of aromatic nitrogens is 2. The highest BCUT2D eigenvalue weighted by atomic mass is 16.6. The number of rotatable bonds is 6. The Morgan fingerprint density at radius 2 is 2.00 bits per heavy atom. The van der Waals surface area contributed by atoms with Crippen molar-refractivity contribution in [3.63, 3.8) is 0 Å². The summed E-state index contributed by atoms with van der Waals surface area (Å²) in [6.07, 6.45) is 0. The maximum atomic E-state index is 12.8. The number of carbonyl (C=O) groups excluding carboxylic acids is 2. The zero-order valence-corrected chi connectivity index (χ0v) is 17.8. The minimum Gasteiger partial charge on any atom is -0.464 e. The SMILES string of the molecule is CCOC(=O)COC(C)(C)C#Cc1ccc2c(=O)c(C(=O)NC)c(N)n(CC)c2n1. The maximum Gasteiger partial charge on any atom is 0.332 e. The Bertz CT molecular complexity index is 1090. The Labute approximate surface area is 174 Å². The number of nitrogen functional groups attached to an aromatic ring is 1. The molecular formula is C21H26N4O5. The molecule has 2 aromatic heterocycles. The van der Waals surface area contributed by atoms with E-state index in [0.29, 0.717) is 17.9 Å². The van der Waals surface area contributed by atoms with Crippen LogP contribution in [0.1, 0.15) is 43.7 Å². The van der Waals surface area contributed by atoms with Gasteiger partial charge in [0, 0.05) is 13.6 Å². The number of hydrogen-bond acceptors (Lipinski definition) is 7.